The molecule has 2 atom stereocenters. The van der Waals surface area contributed by atoms with E-state index in [-0.39, 0.29) is 11.9 Å². The van der Waals surface area contributed by atoms with Crippen LogP contribution in [-0.2, 0) is 17.6 Å². The molecule has 0 aliphatic heterocycles. The Morgan fingerprint density at radius 2 is 2.12 bits per heavy atom. The molecule has 0 aromatic heterocycles. The summed E-state index contributed by atoms with van der Waals surface area (Å²) in [7, 11) is 0. The molecule has 0 saturated carbocycles. The maximum atomic E-state index is 11.0. The molecule has 0 spiro atoms. The molecule has 2 unspecified atom stereocenters. The second-order valence-electron chi connectivity index (χ2n) is 4.51. The van der Waals surface area contributed by atoms with Crippen LogP contribution in [0.1, 0.15) is 36.6 Å². The van der Waals surface area contributed by atoms with Gasteiger partial charge < -0.3 is 10.4 Å². The Labute approximate surface area is 95.5 Å². The number of aliphatic hydroxyl groups excluding tert-OH is 1. The van der Waals surface area contributed by atoms with E-state index in [1.165, 1.54) is 11.1 Å². The van der Waals surface area contributed by atoms with E-state index >= 15 is 0 Å². The average molecular weight is 219 g/mol. The summed E-state index contributed by atoms with van der Waals surface area (Å²) in [5.74, 6) is 0.0218. The zero-order valence-electron chi connectivity index (χ0n) is 9.66. The summed E-state index contributed by atoms with van der Waals surface area (Å²) in [6, 6.07) is 6.28. The van der Waals surface area contributed by atoms with Gasteiger partial charge in [0.15, 0.2) is 0 Å². The molecule has 3 nitrogen and oxygen atoms in total. The van der Waals surface area contributed by atoms with Crippen LogP contribution in [0.25, 0.3) is 0 Å². The predicted molar refractivity (Wildman–Crippen MR) is 62.1 cm³/mol. The summed E-state index contributed by atoms with van der Waals surface area (Å²) >= 11 is 0. The van der Waals surface area contributed by atoms with Gasteiger partial charge in [-0.2, -0.15) is 0 Å². The van der Waals surface area contributed by atoms with Gasteiger partial charge in [0.2, 0.25) is 5.91 Å². The first kappa shape index (κ1) is 11.1. The van der Waals surface area contributed by atoms with Crippen molar-refractivity contribution in [3.05, 3.63) is 34.9 Å². The Bertz CT molecular complexity index is 412. The normalized spacial score (nSPS) is 20.3. The molecule has 1 aromatic rings. The number of rotatable bonds is 2. The number of carbonyl (C=O) groups is 1. The summed E-state index contributed by atoms with van der Waals surface area (Å²) in [6.07, 6.45) is 1.34. The summed E-state index contributed by atoms with van der Waals surface area (Å²) in [5.41, 5.74) is 3.47. The number of amides is 1. The van der Waals surface area contributed by atoms with Gasteiger partial charge in [-0.1, -0.05) is 18.2 Å². The second kappa shape index (κ2) is 4.26. The number of hydrogen-bond acceptors (Lipinski definition) is 2. The lowest BCUT2D eigenvalue weighted by Crippen LogP contribution is -2.33. The van der Waals surface area contributed by atoms with Crippen molar-refractivity contribution in [2.24, 2.45) is 0 Å². The molecule has 0 bridgehead atoms. The molecule has 86 valence electrons. The zero-order chi connectivity index (χ0) is 11.7. The van der Waals surface area contributed by atoms with E-state index in [0.29, 0.717) is 0 Å². The highest BCUT2D eigenvalue weighted by atomic mass is 16.3. The summed E-state index contributed by atoms with van der Waals surface area (Å²) in [4.78, 5) is 11.0. The Kier molecular flexibility index (Phi) is 2.97. The van der Waals surface area contributed by atoms with E-state index in [1.54, 1.807) is 13.8 Å². The molecule has 2 rings (SSSR count). The van der Waals surface area contributed by atoms with E-state index < -0.39 is 6.10 Å². The molecule has 1 aliphatic carbocycles. The molecule has 1 amide bonds. The lowest BCUT2D eigenvalue weighted by molar-refractivity contribution is -0.119. The van der Waals surface area contributed by atoms with Gasteiger partial charge in [-0.05, 0) is 36.5 Å². The van der Waals surface area contributed by atoms with E-state index in [4.69, 9.17) is 0 Å². The number of fused-ring (bicyclic) bond motifs is 1. The number of aliphatic hydroxyl groups is 1. The lowest BCUT2D eigenvalue weighted by Gasteiger charge is -2.08. The number of benzene rings is 1. The number of nitrogens with one attached hydrogen (secondary N) is 1. The van der Waals surface area contributed by atoms with Crippen molar-refractivity contribution in [3.8, 4) is 0 Å². The monoisotopic (exact) mass is 219 g/mol. The van der Waals surface area contributed by atoms with E-state index in [9.17, 15) is 9.90 Å². The minimum atomic E-state index is -0.426. The van der Waals surface area contributed by atoms with Gasteiger partial charge in [0, 0.05) is 13.0 Å². The van der Waals surface area contributed by atoms with Crippen LogP contribution >= 0.6 is 0 Å². The van der Waals surface area contributed by atoms with Gasteiger partial charge in [0.25, 0.3) is 0 Å². The van der Waals surface area contributed by atoms with Crippen LogP contribution in [0.5, 0.6) is 0 Å². The van der Waals surface area contributed by atoms with Crippen LogP contribution in [0.15, 0.2) is 18.2 Å². The topological polar surface area (TPSA) is 49.3 Å². The van der Waals surface area contributed by atoms with Crippen LogP contribution in [-0.4, -0.2) is 17.1 Å². The summed E-state index contributed by atoms with van der Waals surface area (Å²) in [6.45, 7) is 3.31. The molecule has 1 aliphatic rings. The van der Waals surface area contributed by atoms with Crippen LogP contribution in [0.3, 0.4) is 0 Å². The van der Waals surface area contributed by atoms with E-state index in [0.717, 1.165) is 18.4 Å². The Hall–Kier alpha value is -1.35. The molecular formula is C13H17NO2. The smallest absolute Gasteiger partial charge is 0.217 e. The summed E-state index contributed by atoms with van der Waals surface area (Å²) < 4.78 is 0. The molecule has 0 fully saturated rings. The molecule has 0 heterocycles. The largest absolute Gasteiger partial charge is 0.389 e. The van der Waals surface area contributed by atoms with Crippen molar-refractivity contribution < 1.29 is 9.90 Å². The van der Waals surface area contributed by atoms with Crippen molar-refractivity contribution in [1.29, 1.82) is 0 Å². The first-order chi connectivity index (χ1) is 7.56. The van der Waals surface area contributed by atoms with Crippen molar-refractivity contribution in [2.45, 2.75) is 38.8 Å². The van der Waals surface area contributed by atoms with Crippen molar-refractivity contribution in [1.82, 2.24) is 5.32 Å². The highest BCUT2D eigenvalue weighted by Gasteiger charge is 2.22. The first-order valence-corrected chi connectivity index (χ1v) is 5.63. The van der Waals surface area contributed by atoms with E-state index in [1.807, 2.05) is 12.1 Å². The maximum absolute atomic E-state index is 11.0. The molecular weight excluding hydrogens is 202 g/mol. The molecule has 0 saturated heterocycles. The standard InChI is InChI=1S/C13H17NO2/c1-8(15)10-3-4-11-6-13(14-9(2)16)7-12(11)5-10/h3-5,8,13,15H,6-7H2,1-2H3,(H,14,16). The SMILES string of the molecule is CC(=O)NC1Cc2ccc(C(C)O)cc2C1. The van der Waals surface area contributed by atoms with Crippen molar-refractivity contribution in [3.63, 3.8) is 0 Å². The van der Waals surface area contributed by atoms with Crippen LogP contribution < -0.4 is 5.32 Å². The second-order valence-corrected chi connectivity index (χ2v) is 4.51. The molecule has 1 aromatic carbocycles. The van der Waals surface area contributed by atoms with Crippen molar-refractivity contribution in [2.75, 3.05) is 0 Å². The van der Waals surface area contributed by atoms with Crippen molar-refractivity contribution >= 4 is 5.91 Å². The first-order valence-electron chi connectivity index (χ1n) is 5.63. The minimum absolute atomic E-state index is 0.0218. The Balaban J connectivity index is 2.15. The molecule has 0 radical (unpaired) electrons. The Morgan fingerprint density at radius 1 is 1.44 bits per heavy atom. The highest BCUT2D eigenvalue weighted by Crippen LogP contribution is 2.25. The third-order valence-corrected chi connectivity index (χ3v) is 3.05. The van der Waals surface area contributed by atoms with Gasteiger partial charge in [-0.15, -0.1) is 0 Å². The quantitative estimate of drug-likeness (QED) is 0.788. The fourth-order valence-corrected chi connectivity index (χ4v) is 2.29. The summed E-state index contributed by atoms with van der Waals surface area (Å²) in [5, 5.41) is 12.4. The van der Waals surface area contributed by atoms with Gasteiger partial charge >= 0.3 is 0 Å². The fourth-order valence-electron chi connectivity index (χ4n) is 2.29. The van der Waals surface area contributed by atoms with Gasteiger partial charge in [-0.25, -0.2) is 0 Å². The molecule has 16 heavy (non-hydrogen) atoms. The van der Waals surface area contributed by atoms with Crippen LogP contribution in [0.2, 0.25) is 0 Å². The zero-order valence-corrected chi connectivity index (χ0v) is 9.66. The highest BCUT2D eigenvalue weighted by molar-refractivity contribution is 5.73. The van der Waals surface area contributed by atoms with Gasteiger partial charge in [-0.3, -0.25) is 4.79 Å². The van der Waals surface area contributed by atoms with Crippen LogP contribution in [0, 0.1) is 0 Å². The molecule has 2 N–H and O–H groups in total. The predicted octanol–water partition coefficient (Wildman–Crippen LogP) is 1.34. The fraction of sp³-hybridized carbons (Fsp3) is 0.462. The molecule has 3 heteroatoms. The third kappa shape index (κ3) is 2.25. The average Bonchev–Trinajstić information content (AvgIpc) is 2.56. The third-order valence-electron chi connectivity index (χ3n) is 3.05. The number of hydrogen-bond donors (Lipinski definition) is 2. The maximum Gasteiger partial charge on any atom is 0.217 e. The Morgan fingerprint density at radius 3 is 2.75 bits per heavy atom. The van der Waals surface area contributed by atoms with E-state index in [2.05, 4.69) is 11.4 Å². The lowest BCUT2D eigenvalue weighted by atomic mass is 10.0. The van der Waals surface area contributed by atoms with Gasteiger partial charge in [0.05, 0.1) is 6.10 Å². The van der Waals surface area contributed by atoms with Gasteiger partial charge in [0.1, 0.15) is 0 Å². The van der Waals surface area contributed by atoms with Crippen LogP contribution in [0.4, 0.5) is 0 Å². The number of carbonyl (C=O) groups excluding carboxylic acids is 1. The minimum Gasteiger partial charge on any atom is -0.389 e.